The number of hydrogen-bond acceptors (Lipinski definition) is 3. The molecule has 2 atom stereocenters. The molecule has 4 nitrogen and oxygen atoms in total. The van der Waals surface area contributed by atoms with Crippen LogP contribution in [0, 0.1) is 18.8 Å². The molecule has 0 N–H and O–H groups in total. The first kappa shape index (κ1) is 15.3. The number of methoxy groups -OCH3 is 1. The summed E-state index contributed by atoms with van der Waals surface area (Å²) in [4.78, 5) is 25.5. The molecule has 0 aliphatic carbocycles. The van der Waals surface area contributed by atoms with Gasteiger partial charge in [0, 0.05) is 19.2 Å². The van der Waals surface area contributed by atoms with Crippen LogP contribution >= 0.6 is 0 Å². The number of ether oxygens (including phenoxy) is 1. The largest absolute Gasteiger partial charge is 0.469 e. The average Bonchev–Trinajstić information content (AvgIpc) is 2.86. The van der Waals surface area contributed by atoms with E-state index in [1.54, 1.807) is 11.0 Å². The Balaban J connectivity index is 2.00. The van der Waals surface area contributed by atoms with Gasteiger partial charge in [0.05, 0.1) is 13.0 Å². The molecular weight excluding hydrogens is 266 g/mol. The Morgan fingerprint density at radius 3 is 2.76 bits per heavy atom. The summed E-state index contributed by atoms with van der Waals surface area (Å²) in [6.07, 6.45) is 3.38. The van der Waals surface area contributed by atoms with Crippen molar-refractivity contribution >= 4 is 18.0 Å². The lowest BCUT2D eigenvalue weighted by Gasteiger charge is -2.13. The molecule has 1 amide bonds. The minimum atomic E-state index is -0.236. The van der Waals surface area contributed by atoms with Gasteiger partial charge in [-0.05, 0) is 24.5 Å². The van der Waals surface area contributed by atoms with E-state index in [0.717, 1.165) is 11.1 Å². The van der Waals surface area contributed by atoms with Crippen LogP contribution in [0.5, 0.6) is 0 Å². The molecule has 1 aromatic rings. The maximum absolute atomic E-state index is 12.2. The Kier molecular flexibility index (Phi) is 4.78. The van der Waals surface area contributed by atoms with Crippen molar-refractivity contribution in [2.45, 2.75) is 13.8 Å². The molecule has 21 heavy (non-hydrogen) atoms. The van der Waals surface area contributed by atoms with Crippen molar-refractivity contribution in [1.29, 1.82) is 0 Å². The monoisotopic (exact) mass is 287 g/mol. The Bertz CT molecular complexity index is 565. The molecule has 2 unspecified atom stereocenters. The Labute approximate surface area is 125 Å². The van der Waals surface area contributed by atoms with Crippen LogP contribution in [0.25, 0.3) is 6.08 Å². The first-order chi connectivity index (χ1) is 10.0. The zero-order chi connectivity index (χ0) is 15.4. The van der Waals surface area contributed by atoms with Gasteiger partial charge in [0.15, 0.2) is 0 Å². The quantitative estimate of drug-likeness (QED) is 0.633. The van der Waals surface area contributed by atoms with Crippen molar-refractivity contribution in [3.05, 3.63) is 41.5 Å². The smallest absolute Gasteiger partial charge is 0.310 e. The molecule has 0 spiro atoms. The number of hydrogen-bond donors (Lipinski definition) is 0. The number of rotatable bonds is 3. The molecule has 1 heterocycles. The van der Waals surface area contributed by atoms with Gasteiger partial charge in [-0.15, -0.1) is 0 Å². The van der Waals surface area contributed by atoms with Gasteiger partial charge in [-0.3, -0.25) is 9.59 Å². The summed E-state index contributed by atoms with van der Waals surface area (Å²) in [5.41, 5.74) is 2.16. The van der Waals surface area contributed by atoms with Crippen LogP contribution in [0.1, 0.15) is 18.1 Å². The molecule has 1 aromatic carbocycles. The van der Waals surface area contributed by atoms with E-state index in [0.29, 0.717) is 13.1 Å². The minimum absolute atomic E-state index is 0.0604. The first-order valence-corrected chi connectivity index (χ1v) is 7.12. The molecule has 4 heteroatoms. The van der Waals surface area contributed by atoms with Gasteiger partial charge in [-0.2, -0.15) is 0 Å². The lowest BCUT2D eigenvalue weighted by molar-refractivity contribution is -0.146. The highest BCUT2D eigenvalue weighted by molar-refractivity contribution is 5.92. The van der Waals surface area contributed by atoms with Crippen molar-refractivity contribution in [2.75, 3.05) is 20.2 Å². The van der Waals surface area contributed by atoms with E-state index in [1.165, 1.54) is 7.11 Å². The van der Waals surface area contributed by atoms with Crippen molar-refractivity contribution in [1.82, 2.24) is 4.90 Å². The normalized spacial score (nSPS) is 21.8. The SMILES string of the molecule is COC(=O)C1CN(C(=O)/C=C/c2cccc(C)c2)CC1C. The molecule has 0 radical (unpaired) electrons. The number of likely N-dealkylation sites (tertiary alicyclic amines) is 1. The van der Waals surface area contributed by atoms with Gasteiger partial charge < -0.3 is 9.64 Å². The van der Waals surface area contributed by atoms with Gasteiger partial charge >= 0.3 is 5.97 Å². The molecule has 2 rings (SSSR count). The van der Waals surface area contributed by atoms with Gasteiger partial charge in [0.25, 0.3) is 0 Å². The van der Waals surface area contributed by atoms with E-state index in [4.69, 9.17) is 4.74 Å². The minimum Gasteiger partial charge on any atom is -0.469 e. The van der Waals surface area contributed by atoms with Gasteiger partial charge in [0.1, 0.15) is 0 Å². The van der Waals surface area contributed by atoms with Crippen LogP contribution in [0.2, 0.25) is 0 Å². The Morgan fingerprint density at radius 1 is 1.33 bits per heavy atom. The fourth-order valence-corrected chi connectivity index (χ4v) is 2.65. The van der Waals surface area contributed by atoms with Crippen LogP contribution in [-0.2, 0) is 14.3 Å². The molecule has 1 aliphatic rings. The van der Waals surface area contributed by atoms with Gasteiger partial charge in [0.2, 0.25) is 5.91 Å². The Hall–Kier alpha value is -2.10. The van der Waals surface area contributed by atoms with E-state index in [2.05, 4.69) is 0 Å². The number of nitrogens with zero attached hydrogens (tertiary/aromatic N) is 1. The number of carbonyl (C=O) groups excluding carboxylic acids is 2. The predicted molar refractivity (Wildman–Crippen MR) is 81.5 cm³/mol. The summed E-state index contributed by atoms with van der Waals surface area (Å²) in [6.45, 7) is 5.02. The molecule has 0 aromatic heterocycles. The summed E-state index contributed by atoms with van der Waals surface area (Å²) in [7, 11) is 1.39. The topological polar surface area (TPSA) is 46.6 Å². The summed E-state index contributed by atoms with van der Waals surface area (Å²) < 4.78 is 4.78. The molecule has 1 saturated heterocycles. The van der Waals surface area contributed by atoms with E-state index in [-0.39, 0.29) is 23.7 Å². The molecular formula is C17H21NO3. The van der Waals surface area contributed by atoms with Crippen LogP contribution in [0.3, 0.4) is 0 Å². The van der Waals surface area contributed by atoms with Crippen LogP contribution in [-0.4, -0.2) is 37.0 Å². The summed E-state index contributed by atoms with van der Waals surface area (Å²) in [6, 6.07) is 7.96. The van der Waals surface area contributed by atoms with Crippen molar-refractivity contribution in [3.63, 3.8) is 0 Å². The van der Waals surface area contributed by atoms with Crippen molar-refractivity contribution < 1.29 is 14.3 Å². The number of carbonyl (C=O) groups is 2. The second kappa shape index (κ2) is 6.57. The summed E-state index contributed by atoms with van der Waals surface area (Å²) in [5, 5.41) is 0. The zero-order valence-electron chi connectivity index (χ0n) is 12.7. The first-order valence-electron chi connectivity index (χ1n) is 7.12. The van der Waals surface area contributed by atoms with Crippen LogP contribution in [0.4, 0.5) is 0 Å². The van der Waals surface area contributed by atoms with E-state index < -0.39 is 0 Å². The number of esters is 1. The van der Waals surface area contributed by atoms with Crippen LogP contribution < -0.4 is 0 Å². The standard InChI is InChI=1S/C17H21NO3/c1-12-5-4-6-14(9-12)7-8-16(19)18-10-13(2)15(11-18)17(20)21-3/h4-9,13,15H,10-11H2,1-3H3/b8-7+. The van der Waals surface area contributed by atoms with Gasteiger partial charge in [-0.1, -0.05) is 36.8 Å². The fourth-order valence-electron chi connectivity index (χ4n) is 2.65. The van der Waals surface area contributed by atoms with Gasteiger partial charge in [-0.25, -0.2) is 0 Å². The number of aryl methyl sites for hydroxylation is 1. The number of amides is 1. The van der Waals surface area contributed by atoms with E-state index in [9.17, 15) is 9.59 Å². The molecule has 112 valence electrons. The molecule has 0 saturated carbocycles. The van der Waals surface area contributed by atoms with E-state index in [1.807, 2.05) is 44.2 Å². The Morgan fingerprint density at radius 2 is 2.10 bits per heavy atom. The third-order valence-corrected chi connectivity index (χ3v) is 3.89. The van der Waals surface area contributed by atoms with Crippen molar-refractivity contribution in [2.24, 2.45) is 11.8 Å². The fraction of sp³-hybridized carbons (Fsp3) is 0.412. The predicted octanol–water partition coefficient (Wildman–Crippen LogP) is 2.28. The average molecular weight is 287 g/mol. The highest BCUT2D eigenvalue weighted by Crippen LogP contribution is 2.24. The molecule has 1 fully saturated rings. The second-order valence-electron chi connectivity index (χ2n) is 5.60. The second-order valence-corrected chi connectivity index (χ2v) is 5.60. The third kappa shape index (κ3) is 3.72. The molecule has 1 aliphatic heterocycles. The lowest BCUT2D eigenvalue weighted by Crippen LogP contribution is -2.28. The lowest BCUT2D eigenvalue weighted by atomic mass is 9.99. The zero-order valence-corrected chi connectivity index (χ0v) is 12.7. The maximum Gasteiger partial charge on any atom is 0.310 e. The highest BCUT2D eigenvalue weighted by Gasteiger charge is 2.36. The molecule has 0 bridgehead atoms. The number of benzene rings is 1. The van der Waals surface area contributed by atoms with E-state index >= 15 is 0 Å². The van der Waals surface area contributed by atoms with Crippen molar-refractivity contribution in [3.8, 4) is 0 Å². The summed E-state index contributed by atoms with van der Waals surface area (Å²) in [5.74, 6) is -0.379. The maximum atomic E-state index is 12.2. The third-order valence-electron chi connectivity index (χ3n) is 3.89. The highest BCUT2D eigenvalue weighted by atomic mass is 16.5. The summed E-state index contributed by atoms with van der Waals surface area (Å²) >= 11 is 0. The van der Waals surface area contributed by atoms with Crippen LogP contribution in [0.15, 0.2) is 30.3 Å².